The van der Waals surface area contributed by atoms with Crippen molar-refractivity contribution in [3.8, 4) is 0 Å². The van der Waals surface area contributed by atoms with E-state index in [1.54, 1.807) is 0 Å². The summed E-state index contributed by atoms with van der Waals surface area (Å²) in [5, 5.41) is 6.10. The molecule has 20 heavy (non-hydrogen) atoms. The third-order valence-corrected chi connectivity index (χ3v) is 3.87. The lowest BCUT2D eigenvalue weighted by Gasteiger charge is -2.28. The molecule has 2 aromatic rings. The van der Waals surface area contributed by atoms with E-state index in [0.717, 1.165) is 13.1 Å². The lowest BCUT2D eigenvalue weighted by atomic mass is 10.0. The molecule has 1 atom stereocenters. The smallest absolute Gasteiger partial charge is 0.0346 e. The van der Waals surface area contributed by atoms with E-state index in [-0.39, 0.29) is 0 Å². The van der Waals surface area contributed by atoms with Crippen LogP contribution >= 0.6 is 0 Å². The third-order valence-electron chi connectivity index (χ3n) is 3.87. The zero-order valence-corrected chi connectivity index (χ0v) is 12.9. The first kappa shape index (κ1) is 14.9. The van der Waals surface area contributed by atoms with Crippen molar-refractivity contribution >= 4 is 10.8 Å². The van der Waals surface area contributed by atoms with Crippen LogP contribution in [0, 0.1) is 5.92 Å². The van der Waals surface area contributed by atoms with Crippen molar-refractivity contribution in [2.45, 2.75) is 26.4 Å². The van der Waals surface area contributed by atoms with E-state index in [2.05, 4.69) is 67.4 Å². The first-order chi connectivity index (χ1) is 9.59. The van der Waals surface area contributed by atoms with Gasteiger partial charge in [-0.3, -0.25) is 4.98 Å². The average molecular weight is 271 g/mol. The number of nitrogens with one attached hydrogen (secondary N) is 1. The zero-order chi connectivity index (χ0) is 14.5. The van der Waals surface area contributed by atoms with Crippen molar-refractivity contribution in [3.05, 3.63) is 42.2 Å². The normalized spacial score (nSPS) is 13.3. The summed E-state index contributed by atoms with van der Waals surface area (Å²) in [6.45, 7) is 6.45. The fraction of sp³-hybridized carbons (Fsp3) is 0.471. The highest BCUT2D eigenvalue weighted by atomic mass is 15.1. The molecule has 0 aliphatic carbocycles. The number of hydrogen-bond donors (Lipinski definition) is 1. The van der Waals surface area contributed by atoms with Crippen LogP contribution in [0.15, 0.2) is 36.7 Å². The van der Waals surface area contributed by atoms with Crippen LogP contribution in [0.2, 0.25) is 0 Å². The summed E-state index contributed by atoms with van der Waals surface area (Å²) >= 11 is 0. The maximum atomic E-state index is 4.18. The number of likely N-dealkylation sites (N-methyl/N-ethyl adjacent to an activating group) is 1. The molecule has 3 nitrogen and oxygen atoms in total. The minimum atomic E-state index is 0.562. The molecule has 108 valence electrons. The summed E-state index contributed by atoms with van der Waals surface area (Å²) in [7, 11) is 4.30. The molecule has 0 saturated heterocycles. The van der Waals surface area contributed by atoms with Gasteiger partial charge in [0.1, 0.15) is 0 Å². The van der Waals surface area contributed by atoms with Gasteiger partial charge in [-0.1, -0.05) is 32.0 Å². The number of benzene rings is 1. The largest absolute Gasteiger partial charge is 0.311 e. The van der Waals surface area contributed by atoms with Crippen molar-refractivity contribution < 1.29 is 0 Å². The quantitative estimate of drug-likeness (QED) is 0.875. The van der Waals surface area contributed by atoms with Crippen LogP contribution < -0.4 is 5.32 Å². The van der Waals surface area contributed by atoms with Crippen molar-refractivity contribution in [1.82, 2.24) is 15.2 Å². The summed E-state index contributed by atoms with van der Waals surface area (Å²) < 4.78 is 0. The van der Waals surface area contributed by atoms with Crippen molar-refractivity contribution in [2.24, 2.45) is 5.92 Å². The van der Waals surface area contributed by atoms with Crippen LogP contribution in [0.3, 0.4) is 0 Å². The number of hydrogen-bond acceptors (Lipinski definition) is 3. The van der Waals surface area contributed by atoms with Crippen LogP contribution in [0.4, 0.5) is 0 Å². The van der Waals surface area contributed by atoms with Gasteiger partial charge in [-0.2, -0.15) is 0 Å². The fourth-order valence-corrected chi connectivity index (χ4v) is 2.71. The summed E-state index contributed by atoms with van der Waals surface area (Å²) in [5.41, 5.74) is 1.34. The number of rotatable bonds is 6. The van der Waals surface area contributed by atoms with E-state index in [0.29, 0.717) is 12.0 Å². The highest BCUT2D eigenvalue weighted by Gasteiger charge is 2.14. The molecule has 2 rings (SSSR count). The zero-order valence-electron chi connectivity index (χ0n) is 12.9. The van der Waals surface area contributed by atoms with Gasteiger partial charge in [0.15, 0.2) is 0 Å². The molecular weight excluding hydrogens is 246 g/mol. The van der Waals surface area contributed by atoms with Gasteiger partial charge in [0.2, 0.25) is 0 Å². The Bertz CT molecular complexity index is 535. The first-order valence-electron chi connectivity index (χ1n) is 7.28. The first-order valence-corrected chi connectivity index (χ1v) is 7.28. The van der Waals surface area contributed by atoms with Gasteiger partial charge in [-0.25, -0.2) is 0 Å². The summed E-state index contributed by atoms with van der Waals surface area (Å²) in [6.07, 6.45) is 3.79. The van der Waals surface area contributed by atoms with Crippen LogP contribution in [-0.4, -0.2) is 36.6 Å². The van der Waals surface area contributed by atoms with Crippen molar-refractivity contribution in [1.29, 1.82) is 0 Å². The van der Waals surface area contributed by atoms with Crippen molar-refractivity contribution in [3.63, 3.8) is 0 Å². The predicted molar refractivity (Wildman–Crippen MR) is 85.8 cm³/mol. The second-order valence-corrected chi connectivity index (χ2v) is 5.92. The molecule has 0 aliphatic rings. The Labute approximate surface area is 122 Å². The van der Waals surface area contributed by atoms with E-state index in [4.69, 9.17) is 0 Å². The Balaban J connectivity index is 2.03. The predicted octanol–water partition coefficient (Wildman–Crippen LogP) is 2.91. The maximum Gasteiger partial charge on any atom is 0.0346 e. The fourth-order valence-electron chi connectivity index (χ4n) is 2.71. The number of nitrogens with zero attached hydrogens (tertiary/aromatic N) is 2. The second-order valence-electron chi connectivity index (χ2n) is 5.92. The SMILES string of the molecule is CC(C)C(CNCc1cccc2cnccc12)N(C)C. The van der Waals surface area contributed by atoms with Crippen molar-refractivity contribution in [2.75, 3.05) is 20.6 Å². The highest BCUT2D eigenvalue weighted by Crippen LogP contribution is 2.17. The second kappa shape index (κ2) is 6.82. The monoisotopic (exact) mass is 271 g/mol. The van der Waals surface area contributed by atoms with Crippen LogP contribution in [0.25, 0.3) is 10.8 Å². The van der Waals surface area contributed by atoms with Gasteiger partial charge in [-0.05, 0) is 37.0 Å². The molecule has 0 aliphatic heterocycles. The van der Waals surface area contributed by atoms with E-state index < -0.39 is 0 Å². The lowest BCUT2D eigenvalue weighted by molar-refractivity contribution is 0.224. The standard InChI is InChI=1S/C17H25N3/c1-13(2)17(20(3)4)12-19-11-15-7-5-6-14-10-18-9-8-16(14)15/h5-10,13,17,19H,11-12H2,1-4H3. The molecule has 0 amide bonds. The molecule has 1 N–H and O–H groups in total. The van der Waals surface area contributed by atoms with E-state index >= 15 is 0 Å². The molecule has 1 unspecified atom stereocenters. The van der Waals surface area contributed by atoms with Crippen LogP contribution in [0.1, 0.15) is 19.4 Å². The summed E-state index contributed by atoms with van der Waals surface area (Å²) in [4.78, 5) is 6.48. The van der Waals surface area contributed by atoms with Crippen LogP contribution in [-0.2, 0) is 6.54 Å². The number of fused-ring (bicyclic) bond motifs is 1. The molecule has 0 spiro atoms. The Kier molecular flexibility index (Phi) is 5.10. The molecule has 0 saturated carbocycles. The Morgan fingerprint density at radius 1 is 1.20 bits per heavy atom. The van der Waals surface area contributed by atoms with Gasteiger partial charge >= 0.3 is 0 Å². The van der Waals surface area contributed by atoms with Gasteiger partial charge in [0.05, 0.1) is 0 Å². The maximum absolute atomic E-state index is 4.18. The Morgan fingerprint density at radius 3 is 2.70 bits per heavy atom. The number of aromatic nitrogens is 1. The van der Waals surface area contributed by atoms with E-state index in [9.17, 15) is 0 Å². The molecule has 1 aromatic heterocycles. The molecule has 1 heterocycles. The number of pyridine rings is 1. The summed E-state index contributed by atoms with van der Waals surface area (Å²) in [5.74, 6) is 0.647. The van der Waals surface area contributed by atoms with Gasteiger partial charge in [-0.15, -0.1) is 0 Å². The lowest BCUT2D eigenvalue weighted by Crippen LogP contribution is -2.41. The van der Waals surface area contributed by atoms with Crippen LogP contribution in [0.5, 0.6) is 0 Å². The molecule has 0 bridgehead atoms. The molecule has 3 heteroatoms. The van der Waals surface area contributed by atoms with E-state index in [1.807, 2.05) is 12.4 Å². The van der Waals surface area contributed by atoms with Gasteiger partial charge in [0, 0.05) is 36.9 Å². The summed E-state index contributed by atoms with van der Waals surface area (Å²) in [6, 6.07) is 9.06. The third kappa shape index (κ3) is 3.56. The molecule has 0 radical (unpaired) electrons. The Morgan fingerprint density at radius 2 is 2.00 bits per heavy atom. The topological polar surface area (TPSA) is 28.2 Å². The van der Waals surface area contributed by atoms with Gasteiger partial charge < -0.3 is 10.2 Å². The minimum absolute atomic E-state index is 0.562. The highest BCUT2D eigenvalue weighted by molar-refractivity contribution is 5.84. The average Bonchev–Trinajstić information content (AvgIpc) is 2.42. The molecular formula is C17H25N3. The molecule has 1 aromatic carbocycles. The van der Waals surface area contributed by atoms with Gasteiger partial charge in [0.25, 0.3) is 0 Å². The van der Waals surface area contributed by atoms with E-state index in [1.165, 1.54) is 16.3 Å². The Hall–Kier alpha value is -1.45. The molecule has 0 fully saturated rings. The minimum Gasteiger partial charge on any atom is -0.311 e.